The molecular weight excluding hydrogens is 334 g/mol. The van der Waals surface area contributed by atoms with Gasteiger partial charge in [-0.2, -0.15) is 0 Å². The molecule has 0 saturated heterocycles. The summed E-state index contributed by atoms with van der Waals surface area (Å²) < 4.78 is 25.6. The van der Waals surface area contributed by atoms with Gasteiger partial charge in [0.25, 0.3) is 0 Å². The van der Waals surface area contributed by atoms with Crippen LogP contribution in [-0.2, 0) is 9.84 Å². The van der Waals surface area contributed by atoms with Gasteiger partial charge in [0.05, 0.1) is 4.90 Å². The van der Waals surface area contributed by atoms with E-state index < -0.39 is 15.3 Å². The standard InChI is InChI=1S/C17H14ClNO3S/c1-10-3-5-13(7-11(10)2)23(21,22)16-9-19-15-6-4-12(18)8-14(15)17(16)20/h3-9H,1-2H3,(H,19,20). The molecule has 0 bridgehead atoms. The second kappa shape index (κ2) is 5.51. The lowest BCUT2D eigenvalue weighted by molar-refractivity contribution is 0.595. The van der Waals surface area contributed by atoms with Crippen molar-refractivity contribution in [2.45, 2.75) is 23.6 Å². The van der Waals surface area contributed by atoms with E-state index >= 15 is 0 Å². The quantitative estimate of drug-likeness (QED) is 0.769. The Kier molecular flexibility index (Phi) is 3.78. The van der Waals surface area contributed by atoms with Gasteiger partial charge in [0.2, 0.25) is 15.3 Å². The highest BCUT2D eigenvalue weighted by Gasteiger charge is 2.23. The molecule has 3 rings (SSSR count). The molecule has 118 valence electrons. The number of aryl methyl sites for hydroxylation is 2. The first-order valence-electron chi connectivity index (χ1n) is 6.94. The zero-order valence-electron chi connectivity index (χ0n) is 12.6. The van der Waals surface area contributed by atoms with Crippen LogP contribution in [0, 0.1) is 13.8 Å². The molecule has 6 heteroatoms. The SMILES string of the molecule is Cc1ccc(S(=O)(=O)c2c[nH]c3ccc(Cl)cc3c2=O)cc1C. The van der Waals surface area contributed by atoms with Crippen molar-refractivity contribution in [2.75, 3.05) is 0 Å². The largest absolute Gasteiger partial charge is 0.360 e. The molecule has 3 aromatic rings. The maximum Gasteiger partial charge on any atom is 0.211 e. The second-order valence-corrected chi connectivity index (χ2v) is 7.78. The van der Waals surface area contributed by atoms with Crippen LogP contribution in [0.25, 0.3) is 10.9 Å². The highest BCUT2D eigenvalue weighted by molar-refractivity contribution is 7.91. The Morgan fingerprint density at radius 1 is 1.00 bits per heavy atom. The van der Waals surface area contributed by atoms with Crippen LogP contribution >= 0.6 is 11.6 Å². The summed E-state index contributed by atoms with van der Waals surface area (Å²) in [6.07, 6.45) is 1.24. The van der Waals surface area contributed by atoms with Gasteiger partial charge >= 0.3 is 0 Å². The molecule has 4 nitrogen and oxygen atoms in total. The minimum atomic E-state index is -3.90. The summed E-state index contributed by atoms with van der Waals surface area (Å²) in [5.41, 5.74) is 1.83. The van der Waals surface area contributed by atoms with Crippen LogP contribution < -0.4 is 5.43 Å². The second-order valence-electron chi connectivity index (χ2n) is 5.42. The lowest BCUT2D eigenvalue weighted by atomic mass is 10.1. The number of nitrogens with one attached hydrogen (secondary N) is 1. The first-order chi connectivity index (χ1) is 10.8. The predicted molar refractivity (Wildman–Crippen MR) is 90.9 cm³/mol. The number of aromatic amines is 1. The number of fused-ring (bicyclic) bond motifs is 1. The van der Waals surface area contributed by atoms with Gasteiger partial charge in [0.15, 0.2) is 0 Å². The van der Waals surface area contributed by atoms with Gasteiger partial charge in [-0.3, -0.25) is 4.79 Å². The molecule has 0 fully saturated rings. The molecule has 1 N–H and O–H groups in total. The molecule has 0 aliphatic heterocycles. The van der Waals surface area contributed by atoms with Crippen LogP contribution in [0.2, 0.25) is 5.02 Å². The van der Waals surface area contributed by atoms with Gasteiger partial charge in [-0.1, -0.05) is 17.7 Å². The average molecular weight is 348 g/mol. The topological polar surface area (TPSA) is 67.0 Å². The van der Waals surface area contributed by atoms with Gasteiger partial charge in [0.1, 0.15) is 4.90 Å². The van der Waals surface area contributed by atoms with Gasteiger partial charge < -0.3 is 4.98 Å². The molecule has 0 spiro atoms. The van der Waals surface area contributed by atoms with E-state index in [1.165, 1.54) is 18.3 Å². The predicted octanol–water partition coefficient (Wildman–Crippen LogP) is 3.63. The number of halogens is 1. The van der Waals surface area contributed by atoms with Crippen molar-refractivity contribution in [1.29, 1.82) is 0 Å². The maximum absolute atomic E-state index is 12.8. The molecule has 0 radical (unpaired) electrons. The van der Waals surface area contributed by atoms with Crippen molar-refractivity contribution >= 4 is 32.3 Å². The number of aromatic nitrogens is 1. The molecule has 2 aromatic carbocycles. The van der Waals surface area contributed by atoms with Crippen molar-refractivity contribution < 1.29 is 8.42 Å². The molecular formula is C17H14ClNO3S. The van der Waals surface area contributed by atoms with Crippen LogP contribution in [0.4, 0.5) is 0 Å². The summed E-state index contributed by atoms with van der Waals surface area (Å²) >= 11 is 5.91. The number of rotatable bonds is 2. The van der Waals surface area contributed by atoms with E-state index in [0.717, 1.165) is 11.1 Å². The van der Waals surface area contributed by atoms with Crippen molar-refractivity contribution in [1.82, 2.24) is 4.98 Å². The number of H-pyrrole nitrogens is 1. The van der Waals surface area contributed by atoms with Crippen LogP contribution in [0.15, 0.2) is 57.2 Å². The molecule has 0 atom stereocenters. The fourth-order valence-electron chi connectivity index (χ4n) is 2.38. The van der Waals surface area contributed by atoms with E-state index in [9.17, 15) is 13.2 Å². The fourth-order valence-corrected chi connectivity index (χ4v) is 3.95. The molecule has 1 aromatic heterocycles. The molecule has 23 heavy (non-hydrogen) atoms. The molecule has 0 unspecified atom stereocenters. The zero-order chi connectivity index (χ0) is 16.8. The lowest BCUT2D eigenvalue weighted by Crippen LogP contribution is -2.16. The van der Waals surface area contributed by atoms with E-state index in [4.69, 9.17) is 11.6 Å². The third-order valence-electron chi connectivity index (χ3n) is 3.89. The number of pyridine rings is 1. The minimum Gasteiger partial charge on any atom is -0.360 e. The Balaban J connectivity index is 2.28. The van der Waals surface area contributed by atoms with Crippen molar-refractivity contribution in [3.8, 4) is 0 Å². The van der Waals surface area contributed by atoms with Crippen molar-refractivity contribution in [3.63, 3.8) is 0 Å². The van der Waals surface area contributed by atoms with E-state index in [1.54, 1.807) is 24.3 Å². The first-order valence-corrected chi connectivity index (χ1v) is 8.80. The van der Waals surface area contributed by atoms with Gasteiger partial charge in [-0.05, 0) is 55.3 Å². The molecule has 0 aliphatic rings. The number of hydrogen-bond acceptors (Lipinski definition) is 3. The minimum absolute atomic E-state index is 0.104. The number of sulfone groups is 1. The monoisotopic (exact) mass is 347 g/mol. The van der Waals surface area contributed by atoms with Crippen molar-refractivity contribution in [3.05, 3.63) is 69.0 Å². The summed E-state index contributed by atoms with van der Waals surface area (Å²) in [6.45, 7) is 3.73. The molecule has 0 aliphatic carbocycles. The Hall–Kier alpha value is -2.11. The Morgan fingerprint density at radius 3 is 2.43 bits per heavy atom. The molecule has 0 saturated carbocycles. The first kappa shape index (κ1) is 15.8. The summed E-state index contributed by atoms with van der Waals surface area (Å²) in [7, 11) is -3.90. The van der Waals surface area contributed by atoms with E-state index in [1.807, 2.05) is 13.8 Å². The summed E-state index contributed by atoms with van der Waals surface area (Å²) in [5, 5.41) is 0.631. The van der Waals surface area contributed by atoms with Crippen LogP contribution in [0.3, 0.4) is 0 Å². The highest BCUT2D eigenvalue weighted by atomic mass is 35.5. The Labute approximate surface area is 138 Å². The summed E-state index contributed by atoms with van der Waals surface area (Å²) in [5.74, 6) is 0. The van der Waals surface area contributed by atoms with Gasteiger partial charge in [-0.25, -0.2) is 8.42 Å². The molecule has 0 amide bonds. The lowest BCUT2D eigenvalue weighted by Gasteiger charge is -2.08. The smallest absolute Gasteiger partial charge is 0.211 e. The van der Waals surface area contributed by atoms with Crippen LogP contribution in [0.5, 0.6) is 0 Å². The average Bonchev–Trinajstić information content (AvgIpc) is 2.50. The Morgan fingerprint density at radius 2 is 1.74 bits per heavy atom. The summed E-state index contributed by atoms with van der Waals surface area (Å²) in [4.78, 5) is 15.3. The van der Waals surface area contributed by atoms with Crippen molar-refractivity contribution in [2.24, 2.45) is 0 Å². The normalized spacial score (nSPS) is 11.8. The maximum atomic E-state index is 12.8. The van der Waals surface area contributed by atoms with E-state index in [0.29, 0.717) is 10.5 Å². The fraction of sp³-hybridized carbons (Fsp3) is 0.118. The van der Waals surface area contributed by atoms with E-state index in [-0.39, 0.29) is 15.2 Å². The van der Waals surface area contributed by atoms with Crippen LogP contribution in [-0.4, -0.2) is 13.4 Å². The Bertz CT molecular complexity index is 1080. The van der Waals surface area contributed by atoms with Gasteiger partial charge in [-0.15, -0.1) is 0 Å². The molecule has 1 heterocycles. The number of hydrogen-bond donors (Lipinski definition) is 1. The summed E-state index contributed by atoms with van der Waals surface area (Å²) in [6, 6.07) is 9.57. The third-order valence-corrected chi connectivity index (χ3v) is 5.88. The van der Waals surface area contributed by atoms with Gasteiger partial charge in [0, 0.05) is 22.1 Å². The zero-order valence-corrected chi connectivity index (χ0v) is 14.1. The van der Waals surface area contributed by atoms with E-state index in [2.05, 4.69) is 4.98 Å². The third kappa shape index (κ3) is 2.66. The number of benzene rings is 2. The highest BCUT2D eigenvalue weighted by Crippen LogP contribution is 2.22. The van der Waals surface area contributed by atoms with Crippen LogP contribution in [0.1, 0.15) is 11.1 Å².